The second kappa shape index (κ2) is 4.25. The van der Waals surface area contributed by atoms with Gasteiger partial charge in [-0.3, -0.25) is 0 Å². The van der Waals surface area contributed by atoms with Gasteiger partial charge in [-0.1, -0.05) is 41.5 Å². The van der Waals surface area contributed by atoms with Gasteiger partial charge in [0.1, 0.15) is 12.2 Å². The zero-order valence-corrected chi connectivity index (χ0v) is 12.3. The molecule has 2 aliphatic heterocycles. The summed E-state index contributed by atoms with van der Waals surface area (Å²) in [6.45, 7) is 14.3. The molecule has 2 heterocycles. The van der Waals surface area contributed by atoms with E-state index in [1.807, 2.05) is 0 Å². The Hall–Kier alpha value is -1.06. The van der Waals surface area contributed by atoms with E-state index in [2.05, 4.69) is 51.5 Å². The van der Waals surface area contributed by atoms with Crippen LogP contribution in [-0.2, 0) is 9.47 Å². The van der Waals surface area contributed by atoms with Crippen LogP contribution < -0.4 is 0 Å². The summed E-state index contributed by atoms with van der Waals surface area (Å²) >= 11 is 0. The fourth-order valence-corrected chi connectivity index (χ4v) is 1.89. The summed E-state index contributed by atoms with van der Waals surface area (Å²) in [6, 6.07) is 0. The summed E-state index contributed by atoms with van der Waals surface area (Å²) in [5.74, 6) is 1.17. The number of aliphatic imine (C=N–C) groups is 2. The minimum absolute atomic E-state index is 0.0911. The van der Waals surface area contributed by atoms with Crippen LogP contribution in [0.5, 0.6) is 0 Å². The van der Waals surface area contributed by atoms with Gasteiger partial charge in [0.15, 0.2) is 0 Å². The van der Waals surface area contributed by atoms with Crippen molar-refractivity contribution in [3.8, 4) is 0 Å². The highest BCUT2D eigenvalue weighted by atomic mass is 16.6. The van der Waals surface area contributed by atoms with Crippen LogP contribution in [0.3, 0.4) is 0 Å². The topological polar surface area (TPSA) is 43.2 Å². The van der Waals surface area contributed by atoms with Crippen LogP contribution in [0.25, 0.3) is 0 Å². The Morgan fingerprint density at radius 2 is 1.11 bits per heavy atom. The van der Waals surface area contributed by atoms with E-state index in [9.17, 15) is 0 Å². The molecule has 2 aliphatic rings. The van der Waals surface area contributed by atoms with Crippen LogP contribution in [0.15, 0.2) is 9.98 Å². The van der Waals surface area contributed by atoms with Gasteiger partial charge in [-0.05, 0) is 0 Å². The number of hydrogen-bond donors (Lipinski definition) is 0. The van der Waals surface area contributed by atoms with E-state index >= 15 is 0 Å². The predicted octanol–water partition coefficient (Wildman–Crippen LogP) is 2.67. The van der Waals surface area contributed by atoms with Crippen molar-refractivity contribution < 1.29 is 9.47 Å². The van der Waals surface area contributed by atoms with Gasteiger partial charge in [0.25, 0.3) is 11.8 Å². The van der Waals surface area contributed by atoms with Crippen molar-refractivity contribution in [1.29, 1.82) is 0 Å². The molecule has 0 saturated heterocycles. The molecule has 0 bridgehead atoms. The lowest BCUT2D eigenvalue weighted by molar-refractivity contribution is 0.0897. The average molecular weight is 252 g/mol. The molecular weight excluding hydrogens is 228 g/mol. The largest absolute Gasteiger partial charge is 0.468 e. The highest BCUT2D eigenvalue weighted by molar-refractivity contribution is 6.36. The van der Waals surface area contributed by atoms with Gasteiger partial charge in [-0.15, -0.1) is 0 Å². The van der Waals surface area contributed by atoms with Gasteiger partial charge in [-0.2, -0.15) is 0 Å². The van der Waals surface area contributed by atoms with Gasteiger partial charge in [0, 0.05) is 10.8 Å². The summed E-state index contributed by atoms with van der Waals surface area (Å²) in [6.07, 6.45) is 0.236. The molecule has 0 fully saturated rings. The van der Waals surface area contributed by atoms with Crippen LogP contribution in [0, 0.1) is 10.8 Å². The Kier molecular flexibility index (Phi) is 3.16. The minimum Gasteiger partial charge on any atom is -0.468 e. The molecule has 4 nitrogen and oxygen atoms in total. The highest BCUT2D eigenvalue weighted by Crippen LogP contribution is 2.29. The first kappa shape index (κ1) is 13.4. The Morgan fingerprint density at radius 1 is 0.778 bits per heavy atom. The van der Waals surface area contributed by atoms with E-state index < -0.39 is 0 Å². The molecule has 18 heavy (non-hydrogen) atoms. The number of hydrogen-bond acceptors (Lipinski definition) is 4. The summed E-state index contributed by atoms with van der Waals surface area (Å²) in [5, 5.41) is 0. The Labute approximate surface area is 109 Å². The van der Waals surface area contributed by atoms with Gasteiger partial charge < -0.3 is 9.47 Å². The molecule has 0 aromatic rings. The van der Waals surface area contributed by atoms with Crippen molar-refractivity contribution in [3.05, 3.63) is 0 Å². The SMILES string of the molecule is CC(C)(C)C1CN=C(C2=NC[C@@H](C(C)(C)C)O2)O1. The molecule has 0 saturated carbocycles. The van der Waals surface area contributed by atoms with Gasteiger partial charge >= 0.3 is 0 Å². The highest BCUT2D eigenvalue weighted by Gasteiger charge is 2.38. The molecule has 2 rings (SSSR count). The maximum absolute atomic E-state index is 5.86. The second-order valence-corrected chi connectivity index (χ2v) is 7.24. The quantitative estimate of drug-likeness (QED) is 0.720. The van der Waals surface area contributed by atoms with Crippen molar-refractivity contribution in [2.24, 2.45) is 20.8 Å². The summed E-state index contributed by atoms with van der Waals surface area (Å²) in [5.41, 5.74) is 0.182. The van der Waals surface area contributed by atoms with Crippen LogP contribution in [0.4, 0.5) is 0 Å². The van der Waals surface area contributed by atoms with Crippen LogP contribution in [0.2, 0.25) is 0 Å². The smallest absolute Gasteiger partial charge is 0.273 e. The number of nitrogens with zero attached hydrogens (tertiary/aromatic N) is 2. The van der Waals surface area contributed by atoms with E-state index in [-0.39, 0.29) is 23.0 Å². The Bertz CT molecular complexity index is 348. The molecule has 0 radical (unpaired) electrons. The van der Waals surface area contributed by atoms with Crippen LogP contribution >= 0.6 is 0 Å². The standard InChI is InChI=1S/C14H24N2O2/c1-13(2,3)9-7-15-11(17-9)12-16-8-10(18-12)14(4,5)6/h9-10H,7-8H2,1-6H3/t9-,10?/m0/s1. The molecular formula is C14H24N2O2. The number of rotatable bonds is 1. The van der Waals surface area contributed by atoms with E-state index in [0.29, 0.717) is 24.9 Å². The summed E-state index contributed by atoms with van der Waals surface area (Å²) < 4.78 is 11.7. The fourth-order valence-electron chi connectivity index (χ4n) is 1.89. The van der Waals surface area contributed by atoms with Crippen molar-refractivity contribution >= 4 is 11.8 Å². The van der Waals surface area contributed by atoms with Gasteiger partial charge in [0.2, 0.25) is 0 Å². The van der Waals surface area contributed by atoms with Crippen LogP contribution in [-0.4, -0.2) is 37.1 Å². The van der Waals surface area contributed by atoms with E-state index in [1.165, 1.54) is 0 Å². The predicted molar refractivity (Wildman–Crippen MR) is 73.3 cm³/mol. The maximum Gasteiger partial charge on any atom is 0.273 e. The molecule has 0 aromatic carbocycles. The van der Waals surface area contributed by atoms with E-state index in [0.717, 1.165) is 0 Å². The molecule has 4 heteroatoms. The third-order valence-electron chi connectivity index (χ3n) is 3.42. The minimum atomic E-state index is 0.0911. The lowest BCUT2D eigenvalue weighted by Gasteiger charge is -2.27. The molecule has 0 spiro atoms. The summed E-state index contributed by atoms with van der Waals surface area (Å²) in [7, 11) is 0. The van der Waals surface area contributed by atoms with Crippen molar-refractivity contribution in [1.82, 2.24) is 0 Å². The van der Waals surface area contributed by atoms with Gasteiger partial charge in [-0.25, -0.2) is 9.98 Å². The van der Waals surface area contributed by atoms with E-state index in [4.69, 9.17) is 9.47 Å². The zero-order chi connectivity index (χ0) is 13.6. The first-order valence-electron chi connectivity index (χ1n) is 6.60. The molecule has 0 aromatic heterocycles. The lowest BCUT2D eigenvalue weighted by Crippen LogP contribution is -2.33. The Morgan fingerprint density at radius 3 is 1.33 bits per heavy atom. The first-order chi connectivity index (χ1) is 8.18. The first-order valence-corrected chi connectivity index (χ1v) is 6.60. The molecule has 0 amide bonds. The zero-order valence-electron chi connectivity index (χ0n) is 12.3. The van der Waals surface area contributed by atoms with Crippen molar-refractivity contribution in [2.75, 3.05) is 13.1 Å². The normalized spacial score (nSPS) is 28.6. The lowest BCUT2D eigenvalue weighted by atomic mass is 9.89. The number of ether oxygens (including phenoxy) is 2. The molecule has 2 atom stereocenters. The second-order valence-electron chi connectivity index (χ2n) is 7.24. The fraction of sp³-hybridized carbons (Fsp3) is 0.857. The van der Waals surface area contributed by atoms with Gasteiger partial charge in [0.05, 0.1) is 13.1 Å². The maximum atomic E-state index is 5.86. The Balaban J connectivity index is 1.97. The third kappa shape index (κ3) is 2.68. The summed E-state index contributed by atoms with van der Waals surface area (Å²) in [4.78, 5) is 8.84. The molecule has 102 valence electrons. The van der Waals surface area contributed by atoms with Crippen molar-refractivity contribution in [3.63, 3.8) is 0 Å². The van der Waals surface area contributed by atoms with E-state index in [1.54, 1.807) is 0 Å². The monoisotopic (exact) mass is 252 g/mol. The average Bonchev–Trinajstić information content (AvgIpc) is 2.84. The molecule has 0 aliphatic carbocycles. The van der Waals surface area contributed by atoms with Crippen LogP contribution in [0.1, 0.15) is 41.5 Å². The van der Waals surface area contributed by atoms with Crippen molar-refractivity contribution in [2.45, 2.75) is 53.8 Å². The molecule has 1 unspecified atom stereocenters. The molecule has 0 N–H and O–H groups in total. The third-order valence-corrected chi connectivity index (χ3v) is 3.42.